The Balaban J connectivity index is 2.15. The van der Waals surface area contributed by atoms with Gasteiger partial charge in [0.2, 0.25) is 0 Å². The second kappa shape index (κ2) is 4.77. The molecule has 4 nitrogen and oxygen atoms in total. The van der Waals surface area contributed by atoms with Crippen molar-refractivity contribution in [2.24, 2.45) is 0 Å². The van der Waals surface area contributed by atoms with Gasteiger partial charge in [-0.05, 0) is 12.8 Å². The highest BCUT2D eigenvalue weighted by atomic mass is 35.5. The summed E-state index contributed by atoms with van der Waals surface area (Å²) in [4.78, 5) is 10.5. The first-order chi connectivity index (χ1) is 7.31. The van der Waals surface area contributed by atoms with Crippen LogP contribution in [0.3, 0.4) is 0 Å². The van der Waals surface area contributed by atoms with Crippen molar-refractivity contribution >= 4 is 17.4 Å². The normalized spacial score (nSPS) is 20.9. The van der Waals surface area contributed by atoms with Gasteiger partial charge in [0.05, 0.1) is 25.0 Å². The Morgan fingerprint density at radius 1 is 1.60 bits per heavy atom. The smallest absolute Gasteiger partial charge is 0.149 e. The zero-order valence-corrected chi connectivity index (χ0v) is 9.44. The summed E-state index contributed by atoms with van der Waals surface area (Å²) in [5.41, 5.74) is 0. The van der Waals surface area contributed by atoms with E-state index in [0.29, 0.717) is 11.2 Å². The first-order valence-corrected chi connectivity index (χ1v) is 5.42. The molecule has 1 unspecified atom stereocenters. The number of nitrogens with zero attached hydrogens (tertiary/aromatic N) is 3. The Bertz CT molecular complexity index is 334. The molecule has 0 N–H and O–H groups in total. The van der Waals surface area contributed by atoms with Crippen LogP contribution in [0.2, 0.25) is 5.15 Å². The topological polar surface area (TPSA) is 38.2 Å². The molecule has 1 aliphatic rings. The van der Waals surface area contributed by atoms with E-state index in [9.17, 15) is 0 Å². The van der Waals surface area contributed by atoms with Gasteiger partial charge >= 0.3 is 0 Å². The van der Waals surface area contributed by atoms with Gasteiger partial charge < -0.3 is 9.64 Å². The number of methoxy groups -OCH3 is 1. The first-order valence-electron chi connectivity index (χ1n) is 5.04. The second-order valence-electron chi connectivity index (χ2n) is 3.64. The molecule has 5 heteroatoms. The molecule has 0 aromatic carbocycles. The number of anilines is 1. The molecule has 1 saturated heterocycles. The third-order valence-corrected chi connectivity index (χ3v) is 2.80. The van der Waals surface area contributed by atoms with E-state index in [2.05, 4.69) is 14.9 Å². The third-order valence-electron chi connectivity index (χ3n) is 2.62. The standard InChI is InChI=1S/C10H14ClN3O/c1-15-7-8-3-2-4-14(8)10-6-12-5-9(11)13-10/h5-6,8H,2-4,7H2,1H3. The monoisotopic (exact) mass is 227 g/mol. The zero-order chi connectivity index (χ0) is 10.7. The van der Waals surface area contributed by atoms with Crippen LogP contribution in [0.1, 0.15) is 12.8 Å². The molecular weight excluding hydrogens is 214 g/mol. The Kier molecular flexibility index (Phi) is 3.38. The van der Waals surface area contributed by atoms with Crippen LogP contribution >= 0.6 is 11.6 Å². The van der Waals surface area contributed by atoms with Crippen molar-refractivity contribution in [1.82, 2.24) is 9.97 Å². The summed E-state index contributed by atoms with van der Waals surface area (Å²) in [5.74, 6) is 0.849. The van der Waals surface area contributed by atoms with E-state index in [1.54, 1.807) is 19.5 Å². The molecule has 1 fully saturated rings. The largest absolute Gasteiger partial charge is 0.383 e. The van der Waals surface area contributed by atoms with E-state index >= 15 is 0 Å². The van der Waals surface area contributed by atoms with Gasteiger partial charge in [0.25, 0.3) is 0 Å². The lowest BCUT2D eigenvalue weighted by atomic mass is 10.2. The Hall–Kier alpha value is -0.870. The Morgan fingerprint density at radius 3 is 3.20 bits per heavy atom. The summed E-state index contributed by atoms with van der Waals surface area (Å²) in [6.07, 6.45) is 5.61. The number of aromatic nitrogens is 2. The van der Waals surface area contributed by atoms with Crippen LogP contribution in [-0.4, -0.2) is 36.3 Å². The predicted octanol–water partition coefficient (Wildman–Crippen LogP) is 1.75. The van der Waals surface area contributed by atoms with Gasteiger partial charge in [-0.25, -0.2) is 4.98 Å². The van der Waals surface area contributed by atoms with Crippen molar-refractivity contribution in [2.75, 3.05) is 25.2 Å². The summed E-state index contributed by atoms with van der Waals surface area (Å²) in [6, 6.07) is 0.405. The molecule has 0 spiro atoms. The number of ether oxygens (including phenoxy) is 1. The lowest BCUT2D eigenvalue weighted by Gasteiger charge is -2.24. The molecule has 1 aliphatic heterocycles. The molecule has 1 atom stereocenters. The fourth-order valence-electron chi connectivity index (χ4n) is 1.97. The molecule has 0 radical (unpaired) electrons. The average Bonchev–Trinajstić information content (AvgIpc) is 2.66. The van der Waals surface area contributed by atoms with Crippen LogP contribution in [-0.2, 0) is 4.74 Å². The van der Waals surface area contributed by atoms with Crippen LogP contribution in [0.25, 0.3) is 0 Å². The minimum absolute atomic E-state index is 0.405. The average molecular weight is 228 g/mol. The van der Waals surface area contributed by atoms with Crippen molar-refractivity contribution in [3.8, 4) is 0 Å². The van der Waals surface area contributed by atoms with Crippen LogP contribution in [0, 0.1) is 0 Å². The zero-order valence-electron chi connectivity index (χ0n) is 8.69. The third kappa shape index (κ3) is 2.38. The van der Waals surface area contributed by atoms with Crippen molar-refractivity contribution in [3.05, 3.63) is 17.5 Å². The molecule has 82 valence electrons. The fraction of sp³-hybridized carbons (Fsp3) is 0.600. The van der Waals surface area contributed by atoms with E-state index in [1.807, 2.05) is 0 Å². The maximum atomic E-state index is 5.82. The fourth-order valence-corrected chi connectivity index (χ4v) is 2.12. The summed E-state index contributed by atoms with van der Waals surface area (Å²) >= 11 is 5.82. The number of hydrogen-bond donors (Lipinski definition) is 0. The van der Waals surface area contributed by atoms with Crippen molar-refractivity contribution in [3.63, 3.8) is 0 Å². The van der Waals surface area contributed by atoms with Gasteiger partial charge in [0, 0.05) is 13.7 Å². The maximum Gasteiger partial charge on any atom is 0.149 e. The number of rotatable bonds is 3. The van der Waals surface area contributed by atoms with Crippen molar-refractivity contribution in [1.29, 1.82) is 0 Å². The van der Waals surface area contributed by atoms with Gasteiger partial charge in [-0.1, -0.05) is 11.6 Å². The summed E-state index contributed by atoms with van der Waals surface area (Å²) < 4.78 is 5.18. The lowest BCUT2D eigenvalue weighted by molar-refractivity contribution is 0.180. The van der Waals surface area contributed by atoms with Crippen LogP contribution < -0.4 is 4.90 Å². The SMILES string of the molecule is COCC1CCCN1c1cncc(Cl)n1. The van der Waals surface area contributed by atoms with E-state index in [-0.39, 0.29) is 0 Å². The number of hydrogen-bond acceptors (Lipinski definition) is 4. The molecule has 0 aliphatic carbocycles. The number of halogens is 1. The summed E-state index contributed by atoms with van der Waals surface area (Å²) in [5, 5.41) is 0.440. The molecule has 1 aromatic heterocycles. The van der Waals surface area contributed by atoms with E-state index < -0.39 is 0 Å². The van der Waals surface area contributed by atoms with Crippen molar-refractivity contribution in [2.45, 2.75) is 18.9 Å². The molecule has 0 saturated carbocycles. The molecule has 1 aromatic rings. The van der Waals surface area contributed by atoms with Gasteiger partial charge in [-0.3, -0.25) is 4.98 Å². The van der Waals surface area contributed by atoms with E-state index in [0.717, 1.165) is 25.4 Å². The lowest BCUT2D eigenvalue weighted by Crippen LogP contribution is -2.33. The van der Waals surface area contributed by atoms with E-state index in [4.69, 9.17) is 16.3 Å². The highest BCUT2D eigenvalue weighted by Crippen LogP contribution is 2.24. The first kappa shape index (κ1) is 10.6. The highest BCUT2D eigenvalue weighted by Gasteiger charge is 2.25. The van der Waals surface area contributed by atoms with Crippen LogP contribution in [0.5, 0.6) is 0 Å². The molecule has 2 rings (SSSR count). The van der Waals surface area contributed by atoms with Gasteiger partial charge in [-0.2, -0.15) is 0 Å². The van der Waals surface area contributed by atoms with E-state index in [1.165, 1.54) is 6.42 Å². The van der Waals surface area contributed by atoms with Gasteiger partial charge in [0.15, 0.2) is 0 Å². The summed E-state index contributed by atoms with van der Waals surface area (Å²) in [7, 11) is 1.72. The van der Waals surface area contributed by atoms with Crippen LogP contribution in [0.4, 0.5) is 5.82 Å². The highest BCUT2D eigenvalue weighted by molar-refractivity contribution is 6.29. The van der Waals surface area contributed by atoms with Gasteiger partial charge in [0.1, 0.15) is 11.0 Å². The maximum absolute atomic E-state index is 5.82. The minimum atomic E-state index is 0.405. The Labute approximate surface area is 94.2 Å². The predicted molar refractivity (Wildman–Crippen MR) is 59.3 cm³/mol. The minimum Gasteiger partial charge on any atom is -0.383 e. The molecule has 2 heterocycles. The molecular formula is C10H14ClN3O. The second-order valence-corrected chi connectivity index (χ2v) is 4.03. The molecule has 15 heavy (non-hydrogen) atoms. The quantitative estimate of drug-likeness (QED) is 0.789. The molecule has 0 bridgehead atoms. The van der Waals surface area contributed by atoms with Crippen molar-refractivity contribution < 1.29 is 4.74 Å². The molecule has 0 amide bonds. The summed E-state index contributed by atoms with van der Waals surface area (Å²) in [6.45, 7) is 1.73. The van der Waals surface area contributed by atoms with Gasteiger partial charge in [-0.15, -0.1) is 0 Å². The Morgan fingerprint density at radius 2 is 2.47 bits per heavy atom. The van der Waals surface area contributed by atoms with Crippen LogP contribution in [0.15, 0.2) is 12.4 Å².